The zero-order chi connectivity index (χ0) is 41.1. The number of hydrogen-bond donors (Lipinski definition) is 6. The molecule has 8 nitrogen and oxygen atoms in total. The quantitative estimate of drug-likeness (QED) is 0.0453. The molecule has 4 aliphatic rings. The molecule has 57 heavy (non-hydrogen) atoms. The monoisotopic (exact) mass is 787 g/mol. The van der Waals surface area contributed by atoms with Crippen molar-refractivity contribution in [2.75, 3.05) is 47.1 Å². The largest absolute Gasteiger partial charge is 0.396 e. The summed E-state index contributed by atoms with van der Waals surface area (Å²) >= 11 is 0. The van der Waals surface area contributed by atoms with E-state index in [1.54, 1.807) is 0 Å². The minimum atomic E-state index is -1.17. The van der Waals surface area contributed by atoms with Gasteiger partial charge in [-0.2, -0.15) is 0 Å². The predicted octanol–water partition coefficient (Wildman–Crippen LogP) is 7.12. The first kappa shape index (κ1) is 45.4. The third-order valence-electron chi connectivity index (χ3n) is 14.8. The maximum Gasteiger partial charge on any atom is 0.145 e. The van der Waals surface area contributed by atoms with Crippen LogP contribution in [-0.2, 0) is 22.4 Å². The lowest BCUT2D eigenvalue weighted by molar-refractivity contribution is -0.180. The van der Waals surface area contributed by atoms with Crippen molar-refractivity contribution >= 4 is 6.29 Å². The molecule has 7 unspecified atom stereocenters. The van der Waals surface area contributed by atoms with Gasteiger partial charge in [0, 0.05) is 43.7 Å². The van der Waals surface area contributed by atoms with Crippen molar-refractivity contribution in [3.05, 3.63) is 94.1 Å². The summed E-state index contributed by atoms with van der Waals surface area (Å²) in [6.45, 7) is 10.6. The summed E-state index contributed by atoms with van der Waals surface area (Å²) < 4.78 is 5.66. The number of methoxy groups -OCH3 is 1. The van der Waals surface area contributed by atoms with Gasteiger partial charge in [0.25, 0.3) is 0 Å². The number of aliphatic hydroxyl groups excluding tert-OH is 3. The van der Waals surface area contributed by atoms with Gasteiger partial charge in [-0.15, -0.1) is 0 Å². The normalized spacial score (nSPS) is 32.6. The molecular weight excluding hydrogens is 713 g/mol. The maximum absolute atomic E-state index is 12.5. The summed E-state index contributed by atoms with van der Waals surface area (Å²) in [7, 11) is 3.68. The highest BCUT2D eigenvalue weighted by atomic mass is 16.5. The minimum absolute atomic E-state index is 0.000380. The molecule has 3 saturated carbocycles. The summed E-state index contributed by atoms with van der Waals surface area (Å²) in [6.07, 6.45) is 20.9. The van der Waals surface area contributed by atoms with E-state index in [4.69, 9.17) is 4.74 Å². The van der Waals surface area contributed by atoms with Crippen molar-refractivity contribution in [2.45, 2.75) is 127 Å². The Bertz CT molecular complexity index is 1620. The Balaban J connectivity index is 1.39. The fourth-order valence-corrected chi connectivity index (χ4v) is 11.5. The minimum Gasteiger partial charge on any atom is -0.396 e. The number of benzene rings is 1. The first-order valence-electron chi connectivity index (χ1n) is 22.0. The standard InChI is InChI=1S/C49H74N2O6/c1-35-18-19-40(30-38-12-9-13-39(29-38)31-47(51-32-35,25-28-57-5)42-15-6-7-16-42)36(2)11-8-14-41(34-54)44-21-23-49(46(44)55)45(17-10-27-52)43(37(3)33-53)20-22-48(49,56)24-26-50-4/h8-9,11-14,18,29,33,40,42,44-46,50-52,54-56H,2,6-7,10,15-17,19-28,30-32,34H2,1,3-5H3. The topological polar surface area (TPSA) is 131 Å². The van der Waals surface area contributed by atoms with Crippen LogP contribution in [0.4, 0.5) is 0 Å². The molecule has 3 fully saturated rings. The van der Waals surface area contributed by atoms with Crippen molar-refractivity contribution in [3.8, 4) is 0 Å². The van der Waals surface area contributed by atoms with Crippen molar-refractivity contribution in [2.24, 2.45) is 29.1 Å². The number of allylic oxidation sites excluding steroid dienone is 7. The van der Waals surface area contributed by atoms with E-state index in [9.17, 15) is 25.2 Å². The second-order valence-corrected chi connectivity index (χ2v) is 18.0. The number of nitrogens with one attached hydrogen (secondary N) is 2. The van der Waals surface area contributed by atoms with Crippen LogP contribution in [0.1, 0.15) is 108 Å². The van der Waals surface area contributed by atoms with Crippen LogP contribution in [-0.4, -0.2) is 91.0 Å². The molecule has 3 aliphatic carbocycles. The highest BCUT2D eigenvalue weighted by Gasteiger charge is 2.65. The number of hydrogen-bond acceptors (Lipinski definition) is 8. The predicted molar refractivity (Wildman–Crippen MR) is 231 cm³/mol. The third-order valence-corrected chi connectivity index (χ3v) is 14.8. The average Bonchev–Trinajstić information content (AvgIpc) is 3.88. The van der Waals surface area contributed by atoms with Gasteiger partial charge in [-0.3, -0.25) is 4.79 Å². The molecule has 6 N–H and O–H groups in total. The zero-order valence-electron chi connectivity index (χ0n) is 35.5. The average molecular weight is 787 g/mol. The smallest absolute Gasteiger partial charge is 0.145 e. The molecule has 1 aromatic rings. The Kier molecular flexibility index (Phi) is 16.7. The number of aliphatic hydroxyl groups is 4. The van der Waals surface area contributed by atoms with Crippen molar-refractivity contribution in [3.63, 3.8) is 0 Å². The Morgan fingerprint density at radius 3 is 2.60 bits per heavy atom. The lowest BCUT2D eigenvalue weighted by Gasteiger charge is -2.57. The van der Waals surface area contributed by atoms with Gasteiger partial charge in [-0.1, -0.05) is 84.7 Å². The number of aldehydes is 1. The van der Waals surface area contributed by atoms with Crippen LogP contribution in [0.2, 0.25) is 0 Å². The molecule has 2 bridgehead atoms. The zero-order valence-corrected chi connectivity index (χ0v) is 35.5. The lowest BCUT2D eigenvalue weighted by atomic mass is 9.51. The number of carbonyl (C=O) groups is 1. The Morgan fingerprint density at radius 1 is 1.12 bits per heavy atom. The van der Waals surface area contributed by atoms with Crippen molar-refractivity contribution in [1.29, 1.82) is 0 Å². The summed E-state index contributed by atoms with van der Waals surface area (Å²) in [5.41, 5.74) is 5.33. The summed E-state index contributed by atoms with van der Waals surface area (Å²) in [4.78, 5) is 12.1. The van der Waals surface area contributed by atoms with Crippen molar-refractivity contribution < 1.29 is 30.0 Å². The van der Waals surface area contributed by atoms with E-state index in [0.29, 0.717) is 63.0 Å². The van der Waals surface area contributed by atoms with E-state index in [-0.39, 0.29) is 36.5 Å². The Labute approximate surface area is 343 Å². The first-order valence-corrected chi connectivity index (χ1v) is 22.0. The highest BCUT2D eigenvalue weighted by molar-refractivity contribution is 5.74. The highest BCUT2D eigenvalue weighted by Crippen LogP contribution is 2.64. The van der Waals surface area contributed by atoms with E-state index < -0.39 is 17.1 Å². The van der Waals surface area contributed by atoms with Gasteiger partial charge in [-0.05, 0) is 151 Å². The second kappa shape index (κ2) is 21.0. The Morgan fingerprint density at radius 2 is 1.89 bits per heavy atom. The van der Waals surface area contributed by atoms with Gasteiger partial charge in [0.1, 0.15) is 6.29 Å². The molecule has 1 aliphatic heterocycles. The molecule has 1 aromatic carbocycles. The molecule has 7 atom stereocenters. The second-order valence-electron chi connectivity index (χ2n) is 18.0. The molecule has 316 valence electrons. The van der Waals surface area contributed by atoms with Crippen LogP contribution in [0.5, 0.6) is 0 Å². The van der Waals surface area contributed by atoms with E-state index in [1.165, 1.54) is 42.4 Å². The molecule has 1 spiro atoms. The van der Waals surface area contributed by atoms with Gasteiger partial charge < -0.3 is 35.8 Å². The molecule has 8 heteroatoms. The number of carbonyl (C=O) groups excluding carboxylic acids is 1. The SMILES string of the molecule is C=C(C=CC=C(CO)C1CCC2(C(CCCO)C(=C(C)C=O)CCC2(O)CCNC)C1O)C1CC=C(C)CNC(CCOC)(C2CCCC2)Cc2cccc(c2)C1. The molecule has 1 heterocycles. The van der Waals surface area contributed by atoms with Crippen LogP contribution < -0.4 is 10.6 Å². The van der Waals surface area contributed by atoms with Crippen LogP contribution in [0, 0.1) is 29.1 Å². The van der Waals surface area contributed by atoms with Crippen molar-refractivity contribution in [1.82, 2.24) is 10.6 Å². The van der Waals surface area contributed by atoms with Gasteiger partial charge in [0.05, 0.1) is 18.3 Å². The lowest BCUT2D eigenvalue weighted by Crippen LogP contribution is -2.61. The number of ether oxygens (including phenoxy) is 1. The van der Waals surface area contributed by atoms with Crippen LogP contribution in [0.3, 0.4) is 0 Å². The molecule has 0 aromatic heterocycles. The maximum atomic E-state index is 12.5. The fourth-order valence-electron chi connectivity index (χ4n) is 11.5. The van der Waals surface area contributed by atoms with E-state index >= 15 is 0 Å². The number of fused-ring (bicyclic) bond motifs is 2. The van der Waals surface area contributed by atoms with Crippen LogP contribution in [0.15, 0.2) is 83.0 Å². The van der Waals surface area contributed by atoms with E-state index in [1.807, 2.05) is 33.2 Å². The van der Waals surface area contributed by atoms with Crippen LogP contribution >= 0.6 is 0 Å². The number of rotatable bonds is 16. The summed E-state index contributed by atoms with van der Waals surface area (Å²) in [5.74, 6) is 0.215. The summed E-state index contributed by atoms with van der Waals surface area (Å²) in [5, 5.41) is 52.9. The van der Waals surface area contributed by atoms with Gasteiger partial charge >= 0.3 is 0 Å². The molecule has 0 saturated heterocycles. The van der Waals surface area contributed by atoms with Gasteiger partial charge in [0.2, 0.25) is 0 Å². The van der Waals surface area contributed by atoms with Gasteiger partial charge in [-0.25, -0.2) is 0 Å². The third kappa shape index (κ3) is 10.2. The first-order chi connectivity index (χ1) is 27.5. The van der Waals surface area contributed by atoms with Gasteiger partial charge in [0.15, 0.2) is 0 Å². The van der Waals surface area contributed by atoms with E-state index in [0.717, 1.165) is 61.8 Å². The molecule has 0 radical (unpaired) electrons. The van der Waals surface area contributed by atoms with E-state index in [2.05, 4.69) is 60.6 Å². The molecule has 5 rings (SSSR count). The van der Waals surface area contributed by atoms with Crippen LogP contribution in [0.25, 0.3) is 0 Å². The molecule has 0 amide bonds. The fraction of sp³-hybridized carbons (Fsp3) is 0.653. The Hall–Kier alpha value is -2.69. The molecular formula is C49H74N2O6. The summed E-state index contributed by atoms with van der Waals surface area (Å²) in [6, 6.07) is 9.13.